The molecular weight excluding hydrogens is 358 g/mol. The monoisotopic (exact) mass is 389 g/mol. The van der Waals surface area contributed by atoms with Crippen LogP contribution in [-0.2, 0) is 6.42 Å². The topological polar surface area (TPSA) is 36.7 Å². The summed E-state index contributed by atoms with van der Waals surface area (Å²) in [6.07, 6.45) is 2.07. The zero-order valence-electron chi connectivity index (χ0n) is 17.9. The Morgan fingerprint density at radius 1 is 1.10 bits per heavy atom. The number of hydrogen-bond acceptors (Lipinski definition) is 4. The van der Waals surface area contributed by atoms with Crippen LogP contribution in [0.25, 0.3) is 16.8 Å². The summed E-state index contributed by atoms with van der Waals surface area (Å²) in [5, 5.41) is 4.92. The Hall–Kier alpha value is -2.66. The molecule has 5 nitrogen and oxygen atoms in total. The maximum atomic E-state index is 5.02. The maximum absolute atomic E-state index is 5.02. The highest BCUT2D eigenvalue weighted by Gasteiger charge is 2.23. The minimum atomic E-state index is 0.971. The maximum Gasteiger partial charge on any atom is 0.165 e. The van der Waals surface area contributed by atoms with Crippen molar-refractivity contribution in [2.24, 2.45) is 0 Å². The summed E-state index contributed by atoms with van der Waals surface area (Å²) in [6, 6.07) is 12.7. The molecule has 0 N–H and O–H groups in total. The van der Waals surface area contributed by atoms with Crippen molar-refractivity contribution in [1.29, 1.82) is 0 Å². The molecule has 1 aliphatic rings. The number of nitrogens with zero attached hydrogens (tertiary/aromatic N) is 5. The first-order valence-electron chi connectivity index (χ1n) is 10.6. The van der Waals surface area contributed by atoms with E-state index < -0.39 is 0 Å². The number of hydrogen-bond donors (Lipinski definition) is 0. The lowest BCUT2D eigenvalue weighted by Crippen LogP contribution is -2.47. The van der Waals surface area contributed by atoms with Gasteiger partial charge in [-0.15, -0.1) is 0 Å². The zero-order valence-corrected chi connectivity index (χ0v) is 17.9. The molecule has 5 heteroatoms. The Bertz CT molecular complexity index is 997. The van der Waals surface area contributed by atoms with Gasteiger partial charge in [0, 0.05) is 50.0 Å². The molecule has 1 aliphatic heterocycles. The van der Waals surface area contributed by atoms with E-state index in [-0.39, 0.29) is 0 Å². The van der Waals surface area contributed by atoms with Gasteiger partial charge in [0.1, 0.15) is 5.82 Å². The predicted octanol–water partition coefficient (Wildman–Crippen LogP) is 4.36. The molecule has 1 fully saturated rings. The Kier molecular flexibility index (Phi) is 5.67. The summed E-state index contributed by atoms with van der Waals surface area (Å²) in [4.78, 5) is 9.97. The molecule has 1 aromatic carbocycles. The van der Waals surface area contributed by atoms with E-state index in [1.165, 1.54) is 17.0 Å². The normalized spacial score (nSPS) is 15.2. The number of piperazine rings is 1. The third-order valence-corrected chi connectivity index (χ3v) is 5.56. The van der Waals surface area contributed by atoms with E-state index in [4.69, 9.17) is 10.1 Å². The van der Waals surface area contributed by atoms with Gasteiger partial charge in [-0.05, 0) is 25.8 Å². The zero-order chi connectivity index (χ0) is 20.4. The van der Waals surface area contributed by atoms with Gasteiger partial charge in [-0.1, -0.05) is 55.8 Å². The van der Waals surface area contributed by atoms with Crippen molar-refractivity contribution in [2.75, 3.05) is 37.6 Å². The molecule has 3 aromatic rings. The lowest BCUT2D eigenvalue weighted by atomic mass is 10.1. The summed E-state index contributed by atoms with van der Waals surface area (Å²) < 4.78 is 2.06. The van der Waals surface area contributed by atoms with Crippen molar-refractivity contribution in [3.8, 4) is 11.1 Å². The number of aryl methyl sites for hydroxylation is 2. The van der Waals surface area contributed by atoms with E-state index in [0.29, 0.717) is 0 Å². The molecule has 152 valence electrons. The van der Waals surface area contributed by atoms with Gasteiger partial charge in [0.25, 0.3) is 0 Å². The second-order valence-electron chi connectivity index (χ2n) is 8.14. The van der Waals surface area contributed by atoms with Gasteiger partial charge in [0.2, 0.25) is 0 Å². The van der Waals surface area contributed by atoms with Crippen molar-refractivity contribution >= 4 is 11.5 Å². The van der Waals surface area contributed by atoms with Crippen molar-refractivity contribution in [1.82, 2.24) is 19.5 Å². The molecular formula is C24H31N5. The lowest BCUT2D eigenvalue weighted by molar-refractivity contribution is 0.277. The van der Waals surface area contributed by atoms with Crippen LogP contribution < -0.4 is 4.90 Å². The fraction of sp³-hybridized carbons (Fsp3) is 0.417. The summed E-state index contributed by atoms with van der Waals surface area (Å²) in [5.74, 6) is 1.17. The van der Waals surface area contributed by atoms with Gasteiger partial charge < -0.3 is 4.90 Å². The molecule has 0 amide bonds. The van der Waals surface area contributed by atoms with Crippen molar-refractivity contribution in [2.45, 2.75) is 33.6 Å². The fourth-order valence-corrected chi connectivity index (χ4v) is 4.23. The van der Waals surface area contributed by atoms with E-state index >= 15 is 0 Å². The summed E-state index contributed by atoms with van der Waals surface area (Å²) in [5.41, 5.74) is 6.70. The van der Waals surface area contributed by atoms with Crippen LogP contribution in [0.5, 0.6) is 0 Å². The van der Waals surface area contributed by atoms with Crippen LogP contribution in [0.1, 0.15) is 31.7 Å². The average molecular weight is 390 g/mol. The molecule has 2 aromatic heterocycles. The van der Waals surface area contributed by atoms with Gasteiger partial charge in [-0.2, -0.15) is 9.61 Å². The van der Waals surface area contributed by atoms with Crippen molar-refractivity contribution in [3.63, 3.8) is 0 Å². The van der Waals surface area contributed by atoms with E-state index in [9.17, 15) is 0 Å². The Labute approximate surface area is 173 Å². The lowest BCUT2D eigenvalue weighted by Gasteiger charge is -2.36. The highest BCUT2D eigenvalue weighted by Crippen LogP contribution is 2.30. The number of benzene rings is 1. The number of anilines is 1. The highest BCUT2D eigenvalue weighted by atomic mass is 15.4. The predicted molar refractivity (Wildman–Crippen MR) is 121 cm³/mol. The SMILES string of the molecule is C=C(C)CN1CCN(c2cc(CCC)nc3c(-c4ccccc4)c(C)nn23)CC1. The Morgan fingerprint density at radius 3 is 2.48 bits per heavy atom. The van der Waals surface area contributed by atoms with E-state index in [1.807, 2.05) is 0 Å². The van der Waals surface area contributed by atoms with E-state index in [2.05, 4.69) is 78.1 Å². The molecule has 3 heterocycles. The standard InChI is InChI=1S/C24H31N5/c1-5-9-21-16-22(28-14-12-27(13-15-28)17-18(2)3)29-24(25-21)23(19(4)26-29)20-10-7-6-8-11-20/h6-8,10-11,16H,2,5,9,12-15,17H2,1,3-4H3. The van der Waals surface area contributed by atoms with Gasteiger partial charge in [0.15, 0.2) is 5.65 Å². The van der Waals surface area contributed by atoms with Crippen molar-refractivity contribution in [3.05, 3.63) is 59.9 Å². The minimum Gasteiger partial charge on any atom is -0.354 e. The molecule has 0 unspecified atom stereocenters. The molecule has 0 saturated carbocycles. The van der Waals surface area contributed by atoms with Gasteiger partial charge in [-0.25, -0.2) is 4.98 Å². The van der Waals surface area contributed by atoms with Gasteiger partial charge in [-0.3, -0.25) is 4.90 Å². The van der Waals surface area contributed by atoms with E-state index in [0.717, 1.165) is 68.2 Å². The molecule has 0 radical (unpaired) electrons. The summed E-state index contributed by atoms with van der Waals surface area (Å²) >= 11 is 0. The molecule has 4 rings (SSSR count). The van der Waals surface area contributed by atoms with Crippen LogP contribution in [0.2, 0.25) is 0 Å². The second-order valence-corrected chi connectivity index (χ2v) is 8.14. The largest absolute Gasteiger partial charge is 0.354 e. The second kappa shape index (κ2) is 8.37. The van der Waals surface area contributed by atoms with E-state index in [1.54, 1.807) is 0 Å². The molecule has 0 spiro atoms. The number of rotatable bonds is 6. The number of aromatic nitrogens is 3. The molecule has 29 heavy (non-hydrogen) atoms. The third-order valence-electron chi connectivity index (χ3n) is 5.56. The Balaban J connectivity index is 1.75. The minimum absolute atomic E-state index is 0.971. The molecule has 0 atom stereocenters. The molecule has 0 bridgehead atoms. The first-order valence-corrected chi connectivity index (χ1v) is 10.6. The van der Waals surface area contributed by atoms with Crippen LogP contribution >= 0.6 is 0 Å². The smallest absolute Gasteiger partial charge is 0.165 e. The summed E-state index contributed by atoms with van der Waals surface area (Å²) in [6.45, 7) is 15.5. The van der Waals surface area contributed by atoms with Crippen LogP contribution in [0.4, 0.5) is 5.82 Å². The van der Waals surface area contributed by atoms with Gasteiger partial charge in [0.05, 0.1) is 5.69 Å². The third kappa shape index (κ3) is 4.06. The summed E-state index contributed by atoms with van der Waals surface area (Å²) in [7, 11) is 0. The highest BCUT2D eigenvalue weighted by molar-refractivity contribution is 5.81. The van der Waals surface area contributed by atoms with Gasteiger partial charge >= 0.3 is 0 Å². The quantitative estimate of drug-likeness (QED) is 0.587. The first-order chi connectivity index (χ1) is 14.1. The van der Waals surface area contributed by atoms with Crippen molar-refractivity contribution < 1.29 is 0 Å². The molecule has 1 saturated heterocycles. The van der Waals surface area contributed by atoms with Crippen LogP contribution in [-0.4, -0.2) is 52.2 Å². The average Bonchev–Trinajstić information content (AvgIpc) is 3.04. The fourth-order valence-electron chi connectivity index (χ4n) is 4.23. The number of fused-ring (bicyclic) bond motifs is 1. The van der Waals surface area contributed by atoms with Crippen LogP contribution in [0, 0.1) is 6.92 Å². The molecule has 0 aliphatic carbocycles. The Morgan fingerprint density at radius 2 is 1.83 bits per heavy atom. The first kappa shape index (κ1) is 19.6. The van der Waals surface area contributed by atoms with Crippen LogP contribution in [0.15, 0.2) is 48.6 Å². The van der Waals surface area contributed by atoms with Crippen LogP contribution in [0.3, 0.4) is 0 Å².